The van der Waals surface area contributed by atoms with Crippen molar-refractivity contribution >= 4 is 35.1 Å². The number of carboxylic acids is 2. The molecule has 0 bridgehead atoms. The Morgan fingerprint density at radius 3 is 2.23 bits per heavy atom. The molecule has 124 valence electrons. The number of halogens is 2. The number of nitrogens with one attached hydrogen (secondary N) is 1. The normalized spacial score (nSPS) is 10.0. The highest BCUT2D eigenvalue weighted by Crippen LogP contribution is 2.20. The van der Waals surface area contributed by atoms with Crippen molar-refractivity contribution in [3.63, 3.8) is 0 Å². The van der Waals surface area contributed by atoms with Gasteiger partial charge in [0.05, 0.1) is 0 Å². The summed E-state index contributed by atoms with van der Waals surface area (Å²) in [4.78, 5) is 20.4. The zero-order valence-corrected chi connectivity index (χ0v) is 14.0. The van der Waals surface area contributed by atoms with Crippen LogP contribution in [0.15, 0.2) is 18.2 Å². The van der Waals surface area contributed by atoms with Gasteiger partial charge in [0.25, 0.3) is 0 Å². The molecule has 0 amide bonds. The Bertz CT molecular complexity index is 484. The molecule has 1 aromatic rings. The Morgan fingerprint density at radius 1 is 1.18 bits per heavy atom. The van der Waals surface area contributed by atoms with Crippen molar-refractivity contribution in [1.29, 1.82) is 0 Å². The summed E-state index contributed by atoms with van der Waals surface area (Å²) in [7, 11) is 4.16. The van der Waals surface area contributed by atoms with Gasteiger partial charge < -0.3 is 20.4 Å². The molecule has 1 aromatic carbocycles. The van der Waals surface area contributed by atoms with Gasteiger partial charge in [0.2, 0.25) is 0 Å². The van der Waals surface area contributed by atoms with E-state index in [9.17, 15) is 0 Å². The van der Waals surface area contributed by atoms with Gasteiger partial charge in [0, 0.05) is 16.6 Å². The zero-order valence-electron chi connectivity index (χ0n) is 12.5. The molecule has 6 nitrogen and oxygen atoms in total. The molecule has 1 rings (SSSR count). The monoisotopic (exact) mass is 350 g/mol. The smallest absolute Gasteiger partial charge is 0.414 e. The van der Waals surface area contributed by atoms with Crippen molar-refractivity contribution in [1.82, 2.24) is 10.2 Å². The molecule has 0 saturated heterocycles. The predicted molar refractivity (Wildman–Crippen MR) is 86.6 cm³/mol. The lowest BCUT2D eigenvalue weighted by atomic mass is 10.2. The van der Waals surface area contributed by atoms with E-state index < -0.39 is 11.9 Å². The molecule has 0 aliphatic heterocycles. The number of hydrogen-bond acceptors (Lipinski definition) is 4. The second-order valence-electron chi connectivity index (χ2n) is 4.68. The Labute approximate surface area is 139 Å². The van der Waals surface area contributed by atoms with Gasteiger partial charge in [-0.15, -0.1) is 0 Å². The lowest BCUT2D eigenvalue weighted by molar-refractivity contribution is -0.159. The van der Waals surface area contributed by atoms with Gasteiger partial charge in [-0.3, -0.25) is 0 Å². The van der Waals surface area contributed by atoms with E-state index in [1.165, 1.54) is 0 Å². The fourth-order valence-electron chi connectivity index (χ4n) is 1.41. The molecule has 0 heterocycles. The fourth-order valence-corrected chi connectivity index (χ4v) is 1.88. The predicted octanol–water partition coefficient (Wildman–Crippen LogP) is 2.19. The molecule has 0 radical (unpaired) electrons. The van der Waals surface area contributed by atoms with Crippen LogP contribution in [0.2, 0.25) is 10.0 Å². The molecule has 3 N–H and O–H groups in total. The molecule has 0 spiro atoms. The minimum Gasteiger partial charge on any atom is -0.473 e. The molecule has 0 atom stereocenters. The van der Waals surface area contributed by atoms with Crippen LogP contribution in [0, 0.1) is 0 Å². The van der Waals surface area contributed by atoms with Gasteiger partial charge in [0.1, 0.15) is 0 Å². The van der Waals surface area contributed by atoms with E-state index in [-0.39, 0.29) is 0 Å². The van der Waals surface area contributed by atoms with Crippen LogP contribution in [0.5, 0.6) is 0 Å². The average Bonchev–Trinajstić information content (AvgIpc) is 2.40. The highest BCUT2D eigenvalue weighted by molar-refractivity contribution is 6.35. The minimum atomic E-state index is -1.82. The van der Waals surface area contributed by atoms with Gasteiger partial charge in [-0.25, -0.2) is 9.59 Å². The van der Waals surface area contributed by atoms with Crippen LogP contribution in [0.25, 0.3) is 0 Å². The van der Waals surface area contributed by atoms with E-state index in [0.29, 0.717) is 5.02 Å². The molecule has 0 aliphatic rings. The molecule has 0 aliphatic carbocycles. The topological polar surface area (TPSA) is 89.9 Å². The van der Waals surface area contributed by atoms with Crippen molar-refractivity contribution < 1.29 is 19.8 Å². The lowest BCUT2D eigenvalue weighted by Crippen LogP contribution is -2.21. The highest BCUT2D eigenvalue weighted by Gasteiger charge is 2.04. The van der Waals surface area contributed by atoms with E-state index in [4.69, 9.17) is 43.0 Å². The van der Waals surface area contributed by atoms with Gasteiger partial charge in [-0.05, 0) is 51.3 Å². The maximum Gasteiger partial charge on any atom is 0.414 e. The average molecular weight is 351 g/mol. The largest absolute Gasteiger partial charge is 0.473 e. The Kier molecular flexibility index (Phi) is 10.6. The standard InChI is InChI=1S/C12H18Cl2N2.C2H2O4/c1-16(2)7-3-6-15-9-10-4-5-11(13)8-12(10)14;3-1(4)2(5)6/h4-5,8,15H,3,6-7,9H2,1-2H3;(H,3,4)(H,5,6). The van der Waals surface area contributed by atoms with E-state index in [2.05, 4.69) is 24.3 Å². The summed E-state index contributed by atoms with van der Waals surface area (Å²) < 4.78 is 0. The Morgan fingerprint density at radius 2 is 1.77 bits per heavy atom. The summed E-state index contributed by atoms with van der Waals surface area (Å²) in [5.74, 6) is -3.65. The molecule has 22 heavy (non-hydrogen) atoms. The van der Waals surface area contributed by atoms with E-state index in [0.717, 1.165) is 36.6 Å². The summed E-state index contributed by atoms with van der Waals surface area (Å²) in [6, 6.07) is 5.60. The summed E-state index contributed by atoms with van der Waals surface area (Å²) in [5, 5.41) is 19.6. The van der Waals surface area contributed by atoms with Crippen LogP contribution in [0.4, 0.5) is 0 Å². The number of carboxylic acid groups (broad SMARTS) is 2. The Balaban J connectivity index is 0.000000626. The summed E-state index contributed by atoms with van der Waals surface area (Å²) in [6.07, 6.45) is 1.14. The van der Waals surface area contributed by atoms with Gasteiger partial charge in [-0.2, -0.15) is 0 Å². The fraction of sp³-hybridized carbons (Fsp3) is 0.429. The van der Waals surface area contributed by atoms with Crippen molar-refractivity contribution in [2.24, 2.45) is 0 Å². The number of hydrogen-bond donors (Lipinski definition) is 3. The third kappa shape index (κ3) is 10.4. The van der Waals surface area contributed by atoms with Gasteiger partial charge in [0.15, 0.2) is 0 Å². The Hall–Kier alpha value is -1.34. The molecular weight excluding hydrogens is 331 g/mol. The van der Waals surface area contributed by atoms with Crippen molar-refractivity contribution in [3.8, 4) is 0 Å². The molecule has 0 saturated carbocycles. The number of rotatable bonds is 6. The third-order valence-corrected chi connectivity index (χ3v) is 3.06. The lowest BCUT2D eigenvalue weighted by Gasteiger charge is -2.10. The highest BCUT2D eigenvalue weighted by atomic mass is 35.5. The van der Waals surface area contributed by atoms with Crippen LogP contribution in [0.1, 0.15) is 12.0 Å². The SMILES string of the molecule is CN(C)CCCNCc1ccc(Cl)cc1Cl.O=C(O)C(=O)O. The van der Waals surface area contributed by atoms with Gasteiger partial charge >= 0.3 is 11.9 Å². The number of benzene rings is 1. The van der Waals surface area contributed by atoms with Crippen LogP contribution < -0.4 is 5.32 Å². The summed E-state index contributed by atoms with van der Waals surface area (Å²) in [6.45, 7) is 2.89. The van der Waals surface area contributed by atoms with Crippen molar-refractivity contribution in [2.45, 2.75) is 13.0 Å². The van der Waals surface area contributed by atoms with Crippen LogP contribution >= 0.6 is 23.2 Å². The minimum absolute atomic E-state index is 0.682. The number of aliphatic carboxylic acids is 2. The summed E-state index contributed by atoms with van der Waals surface area (Å²) >= 11 is 11.9. The summed E-state index contributed by atoms with van der Waals surface area (Å²) in [5.41, 5.74) is 1.09. The third-order valence-electron chi connectivity index (χ3n) is 2.47. The molecule has 0 aromatic heterocycles. The first-order valence-electron chi connectivity index (χ1n) is 6.49. The maximum atomic E-state index is 9.10. The first kappa shape index (κ1) is 20.7. The van der Waals surface area contributed by atoms with Crippen LogP contribution in [-0.4, -0.2) is 54.2 Å². The molecule has 8 heteroatoms. The molecule has 0 fully saturated rings. The van der Waals surface area contributed by atoms with E-state index >= 15 is 0 Å². The van der Waals surface area contributed by atoms with E-state index in [1.807, 2.05) is 12.1 Å². The van der Waals surface area contributed by atoms with Gasteiger partial charge in [-0.1, -0.05) is 29.3 Å². The maximum absolute atomic E-state index is 9.10. The van der Waals surface area contributed by atoms with Crippen LogP contribution in [-0.2, 0) is 16.1 Å². The molecule has 0 unspecified atom stereocenters. The zero-order chi connectivity index (χ0) is 17.1. The molecular formula is C14H20Cl2N2O4. The van der Waals surface area contributed by atoms with Crippen molar-refractivity contribution in [2.75, 3.05) is 27.2 Å². The van der Waals surface area contributed by atoms with E-state index in [1.54, 1.807) is 6.07 Å². The second kappa shape index (κ2) is 11.3. The second-order valence-corrected chi connectivity index (χ2v) is 5.52. The first-order chi connectivity index (χ1) is 10.2. The number of nitrogens with zero attached hydrogens (tertiary/aromatic N) is 1. The number of carbonyl (C=O) groups is 2. The van der Waals surface area contributed by atoms with Crippen molar-refractivity contribution in [3.05, 3.63) is 33.8 Å². The first-order valence-corrected chi connectivity index (χ1v) is 7.25. The quantitative estimate of drug-likeness (QED) is 0.538. The van der Waals surface area contributed by atoms with Crippen LogP contribution in [0.3, 0.4) is 0 Å².